The molecule has 0 atom stereocenters. The first-order valence-corrected chi connectivity index (χ1v) is 7.21. The Bertz CT molecular complexity index is 925. The second-order valence-electron chi connectivity index (χ2n) is 5.30. The Balaban J connectivity index is 1.95. The predicted octanol–water partition coefficient (Wildman–Crippen LogP) is 2.97. The first kappa shape index (κ1) is 14.7. The summed E-state index contributed by atoms with van der Waals surface area (Å²) in [6.45, 7) is 5.74. The fourth-order valence-electron chi connectivity index (χ4n) is 2.59. The minimum absolute atomic E-state index is 0.459. The van der Waals surface area contributed by atoms with Crippen molar-refractivity contribution in [3.05, 3.63) is 58.7 Å². The molecular formula is C17H16N6. The van der Waals surface area contributed by atoms with E-state index in [1.165, 1.54) is 0 Å². The van der Waals surface area contributed by atoms with Crippen LogP contribution in [-0.4, -0.2) is 20.6 Å². The molecule has 0 radical (unpaired) electrons. The van der Waals surface area contributed by atoms with Crippen LogP contribution in [0.25, 0.3) is 5.52 Å². The van der Waals surface area contributed by atoms with Gasteiger partial charge in [-0.1, -0.05) is 6.07 Å². The highest BCUT2D eigenvalue weighted by Gasteiger charge is 2.12. The maximum absolute atomic E-state index is 9.34. The maximum atomic E-state index is 9.34. The summed E-state index contributed by atoms with van der Waals surface area (Å²) in [5.41, 5.74) is 7.96. The molecular weight excluding hydrogens is 288 g/mol. The van der Waals surface area contributed by atoms with Crippen LogP contribution >= 0.6 is 0 Å². The summed E-state index contributed by atoms with van der Waals surface area (Å²) in [7, 11) is 0. The molecule has 23 heavy (non-hydrogen) atoms. The lowest BCUT2D eigenvalue weighted by Crippen LogP contribution is -1.99. The number of nitriles is 1. The molecule has 0 bridgehead atoms. The molecule has 0 saturated carbocycles. The third-order valence-electron chi connectivity index (χ3n) is 3.58. The Kier molecular flexibility index (Phi) is 3.77. The van der Waals surface area contributed by atoms with Crippen molar-refractivity contribution in [3.8, 4) is 6.07 Å². The van der Waals surface area contributed by atoms with Crippen molar-refractivity contribution in [3.63, 3.8) is 0 Å². The van der Waals surface area contributed by atoms with Crippen LogP contribution in [0.2, 0.25) is 0 Å². The number of aryl methyl sites for hydroxylation is 2. The van der Waals surface area contributed by atoms with E-state index in [4.69, 9.17) is 0 Å². The number of pyridine rings is 1. The fraction of sp³-hybridized carbons (Fsp3) is 0.176. The summed E-state index contributed by atoms with van der Waals surface area (Å²) in [5.74, 6) is 0.459. The molecule has 0 aliphatic rings. The van der Waals surface area contributed by atoms with Crippen LogP contribution in [0.4, 0.5) is 5.95 Å². The van der Waals surface area contributed by atoms with E-state index in [0.29, 0.717) is 11.6 Å². The minimum atomic E-state index is 0.459. The number of aromatic nitrogens is 3. The molecule has 0 unspecified atom stereocenters. The summed E-state index contributed by atoms with van der Waals surface area (Å²) in [5, 5.41) is 13.6. The lowest BCUT2D eigenvalue weighted by molar-refractivity contribution is 1.04. The number of hydrogen-bond acceptors (Lipinski definition) is 5. The van der Waals surface area contributed by atoms with E-state index in [2.05, 4.69) is 26.6 Å². The zero-order valence-electron chi connectivity index (χ0n) is 13.2. The van der Waals surface area contributed by atoms with E-state index < -0.39 is 0 Å². The van der Waals surface area contributed by atoms with Crippen LogP contribution in [0.1, 0.15) is 28.2 Å². The minimum Gasteiger partial charge on any atom is -0.307 e. The van der Waals surface area contributed by atoms with E-state index >= 15 is 0 Å². The highest BCUT2D eigenvalue weighted by Crippen LogP contribution is 2.20. The molecule has 0 fully saturated rings. The number of nitrogens with one attached hydrogen (secondary N) is 1. The normalized spacial score (nSPS) is 11.0. The molecule has 6 heteroatoms. The number of hydrazone groups is 1. The SMILES string of the molecule is Cc1cc(C)nc(N/N=C\c2c(C)c(C#N)n3ccccc23)n1. The largest absolute Gasteiger partial charge is 0.307 e. The van der Waals surface area contributed by atoms with Gasteiger partial charge in [0.25, 0.3) is 0 Å². The van der Waals surface area contributed by atoms with Crippen LogP contribution in [0.15, 0.2) is 35.6 Å². The van der Waals surface area contributed by atoms with E-state index in [1.54, 1.807) is 6.21 Å². The molecule has 0 amide bonds. The van der Waals surface area contributed by atoms with Crippen molar-refractivity contribution < 1.29 is 0 Å². The molecule has 3 aromatic rings. The Hall–Kier alpha value is -3.20. The van der Waals surface area contributed by atoms with Crippen LogP contribution in [0, 0.1) is 32.1 Å². The second kappa shape index (κ2) is 5.89. The van der Waals surface area contributed by atoms with Crippen LogP contribution in [0.5, 0.6) is 0 Å². The fourth-order valence-corrected chi connectivity index (χ4v) is 2.59. The average molecular weight is 304 g/mol. The summed E-state index contributed by atoms with van der Waals surface area (Å²) in [6.07, 6.45) is 3.57. The molecule has 3 heterocycles. The smallest absolute Gasteiger partial charge is 0.243 e. The van der Waals surface area contributed by atoms with Gasteiger partial charge in [0.1, 0.15) is 11.8 Å². The summed E-state index contributed by atoms with van der Waals surface area (Å²) >= 11 is 0. The molecule has 114 valence electrons. The Morgan fingerprint density at radius 1 is 1.22 bits per heavy atom. The van der Waals surface area contributed by atoms with Gasteiger partial charge in [0.15, 0.2) is 0 Å². The predicted molar refractivity (Wildman–Crippen MR) is 89.6 cm³/mol. The zero-order valence-corrected chi connectivity index (χ0v) is 13.2. The molecule has 0 aliphatic heterocycles. The number of hydrogen-bond donors (Lipinski definition) is 1. The number of anilines is 1. The van der Waals surface area contributed by atoms with Crippen LogP contribution in [-0.2, 0) is 0 Å². The summed E-state index contributed by atoms with van der Waals surface area (Å²) in [4.78, 5) is 8.56. The van der Waals surface area contributed by atoms with Gasteiger partial charge in [-0.3, -0.25) is 0 Å². The number of fused-ring (bicyclic) bond motifs is 1. The van der Waals surface area contributed by atoms with E-state index in [1.807, 2.05) is 55.6 Å². The monoisotopic (exact) mass is 304 g/mol. The summed E-state index contributed by atoms with van der Waals surface area (Å²) < 4.78 is 1.87. The van der Waals surface area contributed by atoms with E-state index in [9.17, 15) is 5.26 Å². The number of rotatable bonds is 3. The van der Waals surface area contributed by atoms with Crippen molar-refractivity contribution in [1.82, 2.24) is 14.4 Å². The molecule has 0 spiro atoms. The quantitative estimate of drug-likeness (QED) is 0.596. The van der Waals surface area contributed by atoms with Gasteiger partial charge in [-0.05, 0) is 44.5 Å². The van der Waals surface area contributed by atoms with E-state index in [0.717, 1.165) is 28.0 Å². The molecule has 0 aromatic carbocycles. The van der Waals surface area contributed by atoms with Crippen LogP contribution < -0.4 is 5.43 Å². The molecule has 6 nitrogen and oxygen atoms in total. The van der Waals surface area contributed by atoms with Crippen molar-refractivity contribution >= 4 is 17.7 Å². The first-order valence-electron chi connectivity index (χ1n) is 7.21. The lowest BCUT2D eigenvalue weighted by atomic mass is 10.1. The van der Waals surface area contributed by atoms with Gasteiger partial charge in [0.2, 0.25) is 5.95 Å². The highest BCUT2D eigenvalue weighted by atomic mass is 15.3. The maximum Gasteiger partial charge on any atom is 0.243 e. The van der Waals surface area contributed by atoms with Gasteiger partial charge in [0.05, 0.1) is 11.7 Å². The topological polar surface area (TPSA) is 78.4 Å². The molecule has 3 rings (SSSR count). The average Bonchev–Trinajstić information content (AvgIpc) is 2.78. The molecule has 0 saturated heterocycles. The lowest BCUT2D eigenvalue weighted by Gasteiger charge is -2.01. The van der Waals surface area contributed by atoms with Gasteiger partial charge in [-0.15, -0.1) is 0 Å². The molecule has 0 aliphatic carbocycles. The van der Waals surface area contributed by atoms with Crippen LogP contribution in [0.3, 0.4) is 0 Å². The van der Waals surface area contributed by atoms with Gasteiger partial charge >= 0.3 is 0 Å². The van der Waals surface area contributed by atoms with Crippen molar-refractivity contribution in [2.45, 2.75) is 20.8 Å². The van der Waals surface area contributed by atoms with Crippen molar-refractivity contribution in [2.75, 3.05) is 5.43 Å². The standard InChI is InChI=1S/C17H16N6/c1-11-8-12(2)21-17(20-11)22-19-10-14-13(3)16(9-18)23-7-5-4-6-15(14)23/h4-8,10H,1-3H3,(H,20,21,22)/b19-10-. The summed E-state index contributed by atoms with van der Waals surface area (Å²) in [6, 6.07) is 9.94. The Morgan fingerprint density at radius 3 is 2.65 bits per heavy atom. The molecule has 3 aromatic heterocycles. The third kappa shape index (κ3) is 2.77. The van der Waals surface area contributed by atoms with Crippen molar-refractivity contribution in [1.29, 1.82) is 5.26 Å². The molecule has 1 N–H and O–H groups in total. The Morgan fingerprint density at radius 2 is 1.96 bits per heavy atom. The number of nitrogens with zero attached hydrogens (tertiary/aromatic N) is 5. The highest BCUT2D eigenvalue weighted by molar-refractivity contribution is 5.93. The third-order valence-corrected chi connectivity index (χ3v) is 3.58. The first-order chi connectivity index (χ1) is 11.1. The Labute approximate surface area is 134 Å². The van der Waals surface area contributed by atoms with Gasteiger partial charge < -0.3 is 4.40 Å². The second-order valence-corrected chi connectivity index (χ2v) is 5.30. The van der Waals surface area contributed by atoms with Gasteiger partial charge in [0, 0.05) is 23.1 Å². The van der Waals surface area contributed by atoms with Gasteiger partial charge in [-0.25, -0.2) is 15.4 Å². The van der Waals surface area contributed by atoms with Gasteiger partial charge in [-0.2, -0.15) is 10.4 Å². The van der Waals surface area contributed by atoms with E-state index in [-0.39, 0.29) is 0 Å². The van der Waals surface area contributed by atoms with Crippen molar-refractivity contribution in [2.24, 2.45) is 5.10 Å². The zero-order chi connectivity index (χ0) is 16.4.